The average molecular weight is 222 g/mol. The van der Waals surface area contributed by atoms with E-state index < -0.39 is 0 Å². The van der Waals surface area contributed by atoms with Gasteiger partial charge in [0.15, 0.2) is 0 Å². The molecule has 3 atom stereocenters. The van der Waals surface area contributed by atoms with Crippen LogP contribution in [0, 0.1) is 17.8 Å². The van der Waals surface area contributed by atoms with E-state index in [1.165, 1.54) is 38.5 Å². The summed E-state index contributed by atoms with van der Waals surface area (Å²) in [6.07, 6.45) is 8.28. The van der Waals surface area contributed by atoms with Gasteiger partial charge in [-0.2, -0.15) is 0 Å². The summed E-state index contributed by atoms with van der Waals surface area (Å²) in [5.41, 5.74) is 2.68. The first-order valence-electron chi connectivity index (χ1n) is 6.62. The van der Waals surface area contributed by atoms with Crippen molar-refractivity contribution in [2.24, 2.45) is 28.6 Å². The summed E-state index contributed by atoms with van der Waals surface area (Å²) >= 11 is 0. The van der Waals surface area contributed by atoms with E-state index in [0.717, 1.165) is 30.3 Å². The molecule has 3 rings (SSSR count). The molecule has 3 aliphatic carbocycles. The van der Waals surface area contributed by atoms with Gasteiger partial charge in [-0.1, -0.05) is 6.42 Å². The first kappa shape index (κ1) is 10.4. The van der Waals surface area contributed by atoms with Crippen molar-refractivity contribution in [1.29, 1.82) is 0 Å². The van der Waals surface area contributed by atoms with Crippen LogP contribution >= 0.6 is 0 Å². The predicted molar refractivity (Wildman–Crippen MR) is 64.7 cm³/mol. The quantitative estimate of drug-likeness (QED) is 0.289. The van der Waals surface area contributed by atoms with Crippen LogP contribution in [0.2, 0.25) is 0 Å². The molecule has 0 amide bonds. The number of aliphatic imine (C=N–C) groups is 1. The number of rotatable bonds is 3. The van der Waals surface area contributed by atoms with Crippen LogP contribution in [-0.2, 0) is 0 Å². The fourth-order valence-electron chi connectivity index (χ4n) is 3.36. The molecule has 0 radical (unpaired) electrons. The molecule has 3 fully saturated rings. The second-order valence-electron chi connectivity index (χ2n) is 5.69. The molecule has 16 heavy (non-hydrogen) atoms. The summed E-state index contributed by atoms with van der Waals surface area (Å²) in [6, 6.07) is 0.620. The van der Waals surface area contributed by atoms with Crippen molar-refractivity contribution in [3.8, 4) is 0 Å². The Labute approximate surface area is 97.0 Å². The van der Waals surface area contributed by atoms with E-state index in [9.17, 15) is 0 Å². The molecule has 0 spiro atoms. The SMILES string of the molecule is NNC(=NCC1CC2CCC1C2)NC1CC1. The first-order valence-corrected chi connectivity index (χ1v) is 6.62. The third-order valence-corrected chi connectivity index (χ3v) is 4.42. The fraction of sp³-hybridized carbons (Fsp3) is 0.917. The molecule has 90 valence electrons. The summed E-state index contributed by atoms with van der Waals surface area (Å²) in [4.78, 5) is 4.59. The third kappa shape index (κ3) is 2.17. The van der Waals surface area contributed by atoms with Crippen LogP contribution in [0.1, 0.15) is 38.5 Å². The van der Waals surface area contributed by atoms with Crippen LogP contribution in [0.25, 0.3) is 0 Å². The van der Waals surface area contributed by atoms with Crippen LogP contribution in [0.3, 0.4) is 0 Å². The lowest BCUT2D eigenvalue weighted by molar-refractivity contribution is 0.341. The summed E-state index contributed by atoms with van der Waals surface area (Å²) in [6.45, 7) is 0.959. The summed E-state index contributed by atoms with van der Waals surface area (Å²) in [7, 11) is 0. The number of hydrogen-bond donors (Lipinski definition) is 3. The van der Waals surface area contributed by atoms with Crippen molar-refractivity contribution >= 4 is 5.96 Å². The standard InChI is InChI=1S/C12H22N4/c13-16-12(15-11-3-4-11)14-7-10-6-8-1-2-9(10)5-8/h8-11H,1-7,13H2,(H2,14,15,16). The number of fused-ring (bicyclic) bond motifs is 2. The van der Waals surface area contributed by atoms with Crippen molar-refractivity contribution in [3.63, 3.8) is 0 Å². The normalized spacial score (nSPS) is 37.8. The van der Waals surface area contributed by atoms with Gasteiger partial charge in [-0.05, 0) is 49.9 Å². The van der Waals surface area contributed by atoms with Crippen molar-refractivity contribution in [2.75, 3.05) is 6.54 Å². The number of guanidine groups is 1. The smallest absolute Gasteiger partial charge is 0.205 e. The zero-order valence-corrected chi connectivity index (χ0v) is 9.78. The van der Waals surface area contributed by atoms with Gasteiger partial charge in [-0.3, -0.25) is 10.4 Å². The highest BCUT2D eigenvalue weighted by Gasteiger charge is 2.39. The van der Waals surface area contributed by atoms with Gasteiger partial charge in [0.05, 0.1) is 0 Å². The second kappa shape index (κ2) is 4.24. The molecule has 4 heteroatoms. The van der Waals surface area contributed by atoms with E-state index in [4.69, 9.17) is 5.84 Å². The molecule has 0 aromatic carbocycles. The summed E-state index contributed by atoms with van der Waals surface area (Å²) < 4.78 is 0. The van der Waals surface area contributed by atoms with Crippen LogP contribution in [-0.4, -0.2) is 18.5 Å². The Kier molecular flexibility index (Phi) is 2.75. The number of nitrogens with zero attached hydrogens (tertiary/aromatic N) is 1. The van der Waals surface area contributed by atoms with Gasteiger partial charge in [0.25, 0.3) is 0 Å². The number of hydrogen-bond acceptors (Lipinski definition) is 2. The van der Waals surface area contributed by atoms with Gasteiger partial charge in [0, 0.05) is 12.6 Å². The zero-order chi connectivity index (χ0) is 11.0. The predicted octanol–water partition coefficient (Wildman–Crippen LogP) is 0.994. The highest BCUT2D eigenvalue weighted by atomic mass is 15.3. The maximum absolute atomic E-state index is 5.47. The van der Waals surface area contributed by atoms with Gasteiger partial charge in [0.1, 0.15) is 0 Å². The molecular formula is C12H22N4. The monoisotopic (exact) mass is 222 g/mol. The van der Waals surface area contributed by atoms with Gasteiger partial charge < -0.3 is 5.32 Å². The van der Waals surface area contributed by atoms with E-state index in [-0.39, 0.29) is 0 Å². The lowest BCUT2D eigenvalue weighted by Crippen LogP contribution is -2.43. The molecule has 3 aliphatic rings. The Morgan fingerprint density at radius 3 is 2.62 bits per heavy atom. The van der Waals surface area contributed by atoms with E-state index in [1.54, 1.807) is 0 Å². The highest BCUT2D eigenvalue weighted by molar-refractivity contribution is 5.79. The average Bonchev–Trinajstić information content (AvgIpc) is 2.88. The van der Waals surface area contributed by atoms with Gasteiger partial charge in [-0.25, -0.2) is 5.84 Å². The molecule has 0 aromatic rings. The molecular weight excluding hydrogens is 200 g/mol. The fourth-order valence-corrected chi connectivity index (χ4v) is 3.36. The summed E-state index contributed by atoms with van der Waals surface area (Å²) in [5.74, 6) is 9.05. The van der Waals surface area contributed by atoms with E-state index in [0.29, 0.717) is 6.04 Å². The highest BCUT2D eigenvalue weighted by Crippen LogP contribution is 2.48. The second-order valence-corrected chi connectivity index (χ2v) is 5.69. The van der Waals surface area contributed by atoms with Crippen molar-refractivity contribution in [2.45, 2.75) is 44.6 Å². The van der Waals surface area contributed by atoms with Gasteiger partial charge in [-0.15, -0.1) is 0 Å². The molecule has 0 aliphatic heterocycles. The van der Waals surface area contributed by atoms with Crippen molar-refractivity contribution < 1.29 is 0 Å². The molecule has 3 saturated carbocycles. The molecule has 2 bridgehead atoms. The number of nitrogens with two attached hydrogens (primary N) is 1. The number of hydrazine groups is 1. The minimum atomic E-state index is 0.620. The maximum Gasteiger partial charge on any atom is 0.205 e. The Bertz CT molecular complexity index is 285. The summed E-state index contributed by atoms with van der Waals surface area (Å²) in [5, 5.41) is 3.32. The lowest BCUT2D eigenvalue weighted by atomic mass is 9.89. The third-order valence-electron chi connectivity index (χ3n) is 4.42. The Balaban J connectivity index is 1.51. The van der Waals surface area contributed by atoms with Crippen molar-refractivity contribution in [1.82, 2.24) is 10.7 Å². The Morgan fingerprint density at radius 1 is 1.19 bits per heavy atom. The van der Waals surface area contributed by atoms with Crippen molar-refractivity contribution in [3.05, 3.63) is 0 Å². The topological polar surface area (TPSA) is 62.4 Å². The zero-order valence-electron chi connectivity index (χ0n) is 9.78. The Morgan fingerprint density at radius 2 is 2.06 bits per heavy atom. The Hall–Kier alpha value is -0.770. The minimum absolute atomic E-state index is 0.620. The molecule has 0 aromatic heterocycles. The van der Waals surface area contributed by atoms with E-state index in [2.05, 4.69) is 15.7 Å². The molecule has 4 N–H and O–H groups in total. The van der Waals surface area contributed by atoms with Gasteiger partial charge in [0.2, 0.25) is 5.96 Å². The lowest BCUT2D eigenvalue weighted by Gasteiger charge is -2.20. The van der Waals surface area contributed by atoms with E-state index in [1.807, 2.05) is 0 Å². The molecule has 4 nitrogen and oxygen atoms in total. The van der Waals surface area contributed by atoms with E-state index >= 15 is 0 Å². The molecule has 3 unspecified atom stereocenters. The van der Waals surface area contributed by atoms with Crippen LogP contribution in [0.15, 0.2) is 4.99 Å². The van der Waals surface area contributed by atoms with Crippen LogP contribution in [0.5, 0.6) is 0 Å². The van der Waals surface area contributed by atoms with Crippen LogP contribution < -0.4 is 16.6 Å². The minimum Gasteiger partial charge on any atom is -0.353 e. The maximum atomic E-state index is 5.47. The van der Waals surface area contributed by atoms with Crippen LogP contribution in [0.4, 0.5) is 0 Å². The molecule has 0 saturated heterocycles. The number of nitrogens with one attached hydrogen (secondary N) is 2. The first-order chi connectivity index (χ1) is 7.85. The molecule has 0 heterocycles. The largest absolute Gasteiger partial charge is 0.353 e. The van der Waals surface area contributed by atoms with Gasteiger partial charge >= 0.3 is 0 Å².